The summed E-state index contributed by atoms with van der Waals surface area (Å²) in [5.41, 5.74) is 3.61. The van der Waals surface area contributed by atoms with E-state index in [1.54, 1.807) is 43.5 Å². The van der Waals surface area contributed by atoms with Gasteiger partial charge in [-0.2, -0.15) is 0 Å². The predicted molar refractivity (Wildman–Crippen MR) is 115 cm³/mol. The number of rotatable bonds is 5. The molecule has 0 amide bonds. The van der Waals surface area contributed by atoms with E-state index in [0.29, 0.717) is 45.4 Å². The van der Waals surface area contributed by atoms with Gasteiger partial charge in [-0.25, -0.2) is 9.97 Å². The van der Waals surface area contributed by atoms with E-state index in [0.717, 1.165) is 0 Å². The minimum absolute atomic E-state index is 0.0349. The van der Waals surface area contributed by atoms with Crippen molar-refractivity contribution in [1.82, 2.24) is 9.97 Å². The van der Waals surface area contributed by atoms with Crippen molar-refractivity contribution in [2.45, 2.75) is 0 Å². The van der Waals surface area contributed by atoms with Crippen molar-refractivity contribution in [3.8, 4) is 56.9 Å². The summed E-state index contributed by atoms with van der Waals surface area (Å²) in [5.74, 6) is 1.16. The first-order valence-corrected chi connectivity index (χ1v) is 9.29. The molecule has 0 spiro atoms. The maximum absolute atomic E-state index is 10.5. The number of aromatic nitrogens is 2. The maximum atomic E-state index is 10.5. The molecule has 6 nitrogen and oxygen atoms in total. The smallest absolute Gasteiger partial charge is 0.167 e. The van der Waals surface area contributed by atoms with Crippen LogP contribution in [0.15, 0.2) is 72.8 Å². The molecule has 0 saturated heterocycles. The molecule has 0 bridgehead atoms. The van der Waals surface area contributed by atoms with Crippen LogP contribution in [-0.2, 0) is 0 Å². The van der Waals surface area contributed by atoms with Crippen molar-refractivity contribution in [2.75, 3.05) is 14.2 Å². The Morgan fingerprint density at radius 2 is 1.23 bits per heavy atom. The molecule has 30 heavy (non-hydrogen) atoms. The van der Waals surface area contributed by atoms with Crippen molar-refractivity contribution in [3.63, 3.8) is 0 Å². The van der Waals surface area contributed by atoms with E-state index < -0.39 is 0 Å². The fourth-order valence-corrected chi connectivity index (χ4v) is 3.20. The second kappa shape index (κ2) is 8.13. The Morgan fingerprint density at radius 1 is 0.633 bits per heavy atom. The number of ether oxygens (including phenoxy) is 2. The first kappa shape index (κ1) is 19.3. The Morgan fingerprint density at radius 3 is 1.87 bits per heavy atom. The van der Waals surface area contributed by atoms with Crippen LogP contribution in [-0.4, -0.2) is 34.4 Å². The molecule has 0 aliphatic heterocycles. The maximum Gasteiger partial charge on any atom is 0.167 e. The van der Waals surface area contributed by atoms with E-state index in [1.165, 1.54) is 7.11 Å². The summed E-state index contributed by atoms with van der Waals surface area (Å²) < 4.78 is 10.4. The Kier molecular flexibility index (Phi) is 5.22. The van der Waals surface area contributed by atoms with E-state index in [9.17, 15) is 10.2 Å². The highest BCUT2D eigenvalue weighted by Crippen LogP contribution is 2.37. The largest absolute Gasteiger partial charge is 0.507 e. The summed E-state index contributed by atoms with van der Waals surface area (Å²) in [4.78, 5) is 9.35. The molecule has 2 heterocycles. The van der Waals surface area contributed by atoms with Crippen LogP contribution < -0.4 is 9.47 Å². The molecule has 0 aliphatic carbocycles. The second-order valence-corrected chi connectivity index (χ2v) is 6.56. The molecular formula is C24H20N2O4. The third kappa shape index (κ3) is 3.63. The van der Waals surface area contributed by atoms with Crippen LogP contribution in [0.3, 0.4) is 0 Å². The minimum atomic E-state index is 0.0349. The highest BCUT2D eigenvalue weighted by Gasteiger charge is 2.13. The van der Waals surface area contributed by atoms with Crippen molar-refractivity contribution in [1.29, 1.82) is 0 Å². The molecular weight excluding hydrogens is 380 g/mol. The van der Waals surface area contributed by atoms with E-state index in [-0.39, 0.29) is 11.5 Å². The number of methoxy groups -OCH3 is 2. The lowest BCUT2D eigenvalue weighted by Gasteiger charge is -2.10. The summed E-state index contributed by atoms with van der Waals surface area (Å²) in [6, 6.07) is 21.3. The van der Waals surface area contributed by atoms with E-state index in [1.807, 2.05) is 36.4 Å². The molecule has 2 N–H and O–H groups in total. The number of benzene rings is 2. The lowest BCUT2D eigenvalue weighted by Crippen LogP contribution is -1.93. The number of nitrogens with zero attached hydrogens (tertiary/aromatic N) is 2. The number of para-hydroxylation sites is 1. The van der Waals surface area contributed by atoms with Crippen LogP contribution in [0.1, 0.15) is 0 Å². The predicted octanol–water partition coefficient (Wildman–Crippen LogP) is 4.91. The number of pyridine rings is 2. The average molecular weight is 400 g/mol. The Labute approximate surface area is 174 Å². The van der Waals surface area contributed by atoms with E-state index in [2.05, 4.69) is 9.97 Å². The molecule has 4 aromatic rings. The minimum Gasteiger partial charge on any atom is -0.507 e. The van der Waals surface area contributed by atoms with Gasteiger partial charge in [-0.05, 0) is 54.6 Å². The molecule has 0 aliphatic rings. The van der Waals surface area contributed by atoms with Gasteiger partial charge in [0.1, 0.15) is 11.5 Å². The van der Waals surface area contributed by atoms with Gasteiger partial charge in [0.15, 0.2) is 11.5 Å². The van der Waals surface area contributed by atoms with Crippen LogP contribution in [0.5, 0.6) is 23.0 Å². The lowest BCUT2D eigenvalue weighted by molar-refractivity contribution is 0.374. The second-order valence-electron chi connectivity index (χ2n) is 6.56. The zero-order valence-corrected chi connectivity index (χ0v) is 16.5. The van der Waals surface area contributed by atoms with Crippen LogP contribution in [0, 0.1) is 0 Å². The van der Waals surface area contributed by atoms with Crippen LogP contribution in [0.2, 0.25) is 0 Å². The van der Waals surface area contributed by atoms with Crippen LogP contribution >= 0.6 is 0 Å². The van der Waals surface area contributed by atoms with Gasteiger partial charge in [-0.15, -0.1) is 0 Å². The van der Waals surface area contributed by atoms with E-state index in [4.69, 9.17) is 9.47 Å². The topological polar surface area (TPSA) is 84.7 Å². The monoisotopic (exact) mass is 400 g/mol. The first-order valence-electron chi connectivity index (χ1n) is 9.29. The van der Waals surface area contributed by atoms with E-state index >= 15 is 0 Å². The van der Waals surface area contributed by atoms with Gasteiger partial charge in [0, 0.05) is 11.1 Å². The molecule has 4 rings (SSSR count). The standard InChI is InChI=1S/C24H20N2O4/c1-29-15-12-13-22(27)17(14-15)19-8-5-10-21(26-19)20-9-4-7-18(25-20)16-6-3-11-23(30-2)24(16)28/h3-14,27-28H,1-2H3. The van der Waals surface area contributed by atoms with Gasteiger partial charge < -0.3 is 19.7 Å². The molecule has 0 unspecified atom stereocenters. The SMILES string of the molecule is COc1ccc(O)c(-c2cccc(-c3cccc(-c4cccc(OC)c4O)n3)n2)c1. The molecule has 0 radical (unpaired) electrons. The molecule has 0 saturated carbocycles. The van der Waals surface area contributed by atoms with Gasteiger partial charge in [0.05, 0.1) is 37.0 Å². The Bertz CT molecular complexity index is 1160. The summed E-state index contributed by atoms with van der Waals surface area (Å²) in [6.07, 6.45) is 0. The van der Waals surface area contributed by atoms with Crippen molar-refractivity contribution >= 4 is 0 Å². The van der Waals surface area contributed by atoms with Gasteiger partial charge in [0.2, 0.25) is 0 Å². The summed E-state index contributed by atoms with van der Waals surface area (Å²) in [5, 5.41) is 20.7. The molecule has 6 heteroatoms. The van der Waals surface area contributed by atoms with Gasteiger partial charge in [-0.1, -0.05) is 18.2 Å². The number of phenols is 2. The number of hydrogen-bond donors (Lipinski definition) is 2. The number of phenolic OH excluding ortho intramolecular Hbond substituents is 2. The molecule has 150 valence electrons. The average Bonchev–Trinajstić information content (AvgIpc) is 2.80. The quantitative estimate of drug-likeness (QED) is 0.495. The molecule has 2 aromatic carbocycles. The van der Waals surface area contributed by atoms with Crippen molar-refractivity contribution in [2.24, 2.45) is 0 Å². The Hall–Kier alpha value is -4.06. The van der Waals surface area contributed by atoms with Gasteiger partial charge >= 0.3 is 0 Å². The third-order valence-electron chi connectivity index (χ3n) is 4.74. The number of aromatic hydroxyl groups is 2. The Balaban J connectivity index is 1.77. The highest BCUT2D eigenvalue weighted by molar-refractivity contribution is 5.74. The van der Waals surface area contributed by atoms with Gasteiger partial charge in [0.25, 0.3) is 0 Å². The zero-order chi connectivity index (χ0) is 21.1. The summed E-state index contributed by atoms with van der Waals surface area (Å²) in [7, 11) is 3.08. The van der Waals surface area contributed by atoms with Gasteiger partial charge in [-0.3, -0.25) is 0 Å². The van der Waals surface area contributed by atoms with Crippen LogP contribution in [0.4, 0.5) is 0 Å². The van der Waals surface area contributed by atoms with Crippen LogP contribution in [0.25, 0.3) is 33.9 Å². The molecule has 0 fully saturated rings. The fourth-order valence-electron chi connectivity index (χ4n) is 3.20. The van der Waals surface area contributed by atoms with Crippen molar-refractivity contribution in [3.05, 3.63) is 72.8 Å². The number of hydrogen-bond acceptors (Lipinski definition) is 6. The first-order chi connectivity index (χ1) is 14.6. The van der Waals surface area contributed by atoms with Crippen molar-refractivity contribution < 1.29 is 19.7 Å². The normalized spacial score (nSPS) is 10.6. The molecule has 0 atom stereocenters. The lowest BCUT2D eigenvalue weighted by atomic mass is 10.1. The summed E-state index contributed by atoms with van der Waals surface area (Å²) >= 11 is 0. The third-order valence-corrected chi connectivity index (χ3v) is 4.74. The highest BCUT2D eigenvalue weighted by atomic mass is 16.5. The molecule has 2 aromatic heterocycles. The summed E-state index contributed by atoms with van der Waals surface area (Å²) in [6.45, 7) is 0. The zero-order valence-electron chi connectivity index (χ0n) is 16.5. The fraction of sp³-hybridized carbons (Fsp3) is 0.0833.